The summed E-state index contributed by atoms with van der Waals surface area (Å²) in [5.74, 6) is 1.70. The van der Waals surface area contributed by atoms with Gasteiger partial charge in [0.1, 0.15) is 5.60 Å². The molecule has 0 aromatic heterocycles. The number of hydrogen-bond acceptors (Lipinski definition) is 2. The van der Waals surface area contributed by atoms with E-state index in [-0.39, 0.29) is 5.60 Å². The summed E-state index contributed by atoms with van der Waals surface area (Å²) in [6.07, 6.45) is 1.13. The topological polar surface area (TPSA) is 18.5 Å². The Morgan fingerprint density at radius 2 is 1.94 bits per heavy atom. The first-order chi connectivity index (χ1) is 7.92. The van der Waals surface area contributed by atoms with Gasteiger partial charge in [0.05, 0.1) is 6.61 Å². The number of halogens is 1. The smallest absolute Gasteiger partial charge is 0.162 e. The van der Waals surface area contributed by atoms with E-state index >= 15 is 0 Å². The predicted octanol–water partition coefficient (Wildman–Crippen LogP) is 3.02. The fourth-order valence-corrected chi connectivity index (χ4v) is 2.09. The molecule has 4 heteroatoms. The van der Waals surface area contributed by atoms with Crippen LogP contribution >= 0.6 is 22.6 Å². The first-order valence-corrected chi connectivity index (χ1v) is 8.53. The van der Waals surface area contributed by atoms with E-state index in [1.54, 1.807) is 0 Å². The third-order valence-electron chi connectivity index (χ3n) is 2.08. The Kier molecular flexibility index (Phi) is 5.79. The van der Waals surface area contributed by atoms with Crippen molar-refractivity contribution in [3.05, 3.63) is 21.8 Å². The molecule has 0 N–H and O–H groups in total. The van der Waals surface area contributed by atoms with Gasteiger partial charge >= 0.3 is 0 Å². The van der Waals surface area contributed by atoms with Gasteiger partial charge in [-0.3, -0.25) is 0 Å². The van der Waals surface area contributed by atoms with Crippen LogP contribution in [0.4, 0.5) is 0 Å². The van der Waals surface area contributed by atoms with E-state index in [9.17, 15) is 0 Å². The molecule has 96 valence electrons. The number of ether oxygens (including phenoxy) is 2. The Morgan fingerprint density at radius 1 is 1.24 bits per heavy atom. The molecule has 0 aliphatic heterocycles. The van der Waals surface area contributed by atoms with E-state index in [0.29, 0.717) is 0 Å². The summed E-state index contributed by atoms with van der Waals surface area (Å²) < 4.78 is 12.9. The summed E-state index contributed by atoms with van der Waals surface area (Å²) in [5, 5.41) is 0. The standard InChI is InChI=1S/C13H21IO2Si/c1-13(2,3)16-11-6-5-10(14)9-12(11)15-7-4-8-17/h5-6,9H,4,7-8H2,1-3,17H3. The normalized spacial score (nSPS) is 11.5. The Bertz CT molecular complexity index is 361. The molecule has 0 amide bonds. The van der Waals surface area contributed by atoms with Gasteiger partial charge in [-0.05, 0) is 68.0 Å². The fourth-order valence-electron chi connectivity index (χ4n) is 1.34. The van der Waals surface area contributed by atoms with Crippen molar-refractivity contribution in [2.75, 3.05) is 6.61 Å². The predicted molar refractivity (Wildman–Crippen MR) is 84.4 cm³/mol. The summed E-state index contributed by atoms with van der Waals surface area (Å²) in [6.45, 7) is 6.93. The van der Waals surface area contributed by atoms with E-state index in [4.69, 9.17) is 9.47 Å². The van der Waals surface area contributed by atoms with E-state index in [2.05, 4.69) is 22.6 Å². The van der Waals surface area contributed by atoms with E-state index in [0.717, 1.165) is 24.5 Å². The molecule has 1 rings (SSSR count). The van der Waals surface area contributed by atoms with E-state index in [1.807, 2.05) is 39.0 Å². The van der Waals surface area contributed by atoms with Crippen molar-refractivity contribution in [3.8, 4) is 11.5 Å². The van der Waals surface area contributed by atoms with Gasteiger partial charge in [-0.2, -0.15) is 0 Å². The van der Waals surface area contributed by atoms with Crippen LogP contribution in [0.5, 0.6) is 11.5 Å². The van der Waals surface area contributed by atoms with Gasteiger partial charge in [-0.1, -0.05) is 6.04 Å². The van der Waals surface area contributed by atoms with Crippen molar-refractivity contribution in [2.24, 2.45) is 0 Å². The van der Waals surface area contributed by atoms with Gasteiger partial charge < -0.3 is 9.47 Å². The van der Waals surface area contributed by atoms with Crippen LogP contribution in [0.3, 0.4) is 0 Å². The fraction of sp³-hybridized carbons (Fsp3) is 0.538. The monoisotopic (exact) mass is 364 g/mol. The molecule has 0 atom stereocenters. The molecule has 0 spiro atoms. The number of rotatable bonds is 5. The minimum Gasteiger partial charge on any atom is -0.490 e. The van der Waals surface area contributed by atoms with Gasteiger partial charge in [0.25, 0.3) is 0 Å². The molecule has 1 aromatic rings. The largest absolute Gasteiger partial charge is 0.490 e. The molecule has 0 unspecified atom stereocenters. The molecule has 0 aliphatic rings. The van der Waals surface area contributed by atoms with Crippen molar-refractivity contribution in [2.45, 2.75) is 38.8 Å². The van der Waals surface area contributed by atoms with Crippen LogP contribution in [-0.4, -0.2) is 22.5 Å². The summed E-state index contributed by atoms with van der Waals surface area (Å²) in [5.41, 5.74) is -0.192. The average Bonchev–Trinajstić information content (AvgIpc) is 2.20. The third-order valence-corrected chi connectivity index (χ3v) is 3.46. The van der Waals surface area contributed by atoms with Gasteiger partial charge in [0, 0.05) is 13.8 Å². The molecule has 0 saturated heterocycles. The average molecular weight is 364 g/mol. The zero-order valence-corrected chi connectivity index (χ0v) is 15.2. The number of benzene rings is 1. The lowest BCUT2D eigenvalue weighted by molar-refractivity contribution is 0.123. The van der Waals surface area contributed by atoms with Crippen molar-refractivity contribution in [1.29, 1.82) is 0 Å². The molecular formula is C13H21IO2Si. The van der Waals surface area contributed by atoms with Crippen LogP contribution in [0.15, 0.2) is 18.2 Å². The van der Waals surface area contributed by atoms with Crippen LogP contribution in [0.1, 0.15) is 27.2 Å². The maximum atomic E-state index is 5.90. The first-order valence-electron chi connectivity index (χ1n) is 6.04. The molecular weight excluding hydrogens is 343 g/mol. The highest BCUT2D eigenvalue weighted by Crippen LogP contribution is 2.31. The molecule has 0 aliphatic carbocycles. The Labute approximate surface area is 121 Å². The quantitative estimate of drug-likeness (QED) is 0.454. The van der Waals surface area contributed by atoms with Crippen molar-refractivity contribution in [1.82, 2.24) is 0 Å². The zero-order valence-electron chi connectivity index (χ0n) is 11.0. The summed E-state index contributed by atoms with van der Waals surface area (Å²) in [6, 6.07) is 7.35. The second-order valence-electron chi connectivity index (χ2n) is 5.01. The zero-order chi connectivity index (χ0) is 12.9. The van der Waals surface area contributed by atoms with Crippen molar-refractivity contribution >= 4 is 32.8 Å². The van der Waals surface area contributed by atoms with Crippen LogP contribution < -0.4 is 9.47 Å². The minimum absolute atomic E-state index is 0.192. The lowest BCUT2D eigenvalue weighted by atomic mass is 10.2. The van der Waals surface area contributed by atoms with E-state index in [1.165, 1.54) is 19.9 Å². The molecule has 0 fully saturated rings. The Morgan fingerprint density at radius 3 is 2.53 bits per heavy atom. The third kappa shape index (κ3) is 5.77. The summed E-state index contributed by atoms with van der Waals surface area (Å²) >= 11 is 2.29. The lowest BCUT2D eigenvalue weighted by Gasteiger charge is -2.23. The van der Waals surface area contributed by atoms with Crippen LogP contribution in [-0.2, 0) is 0 Å². The van der Waals surface area contributed by atoms with Crippen molar-refractivity contribution < 1.29 is 9.47 Å². The van der Waals surface area contributed by atoms with Crippen LogP contribution in [0.2, 0.25) is 6.04 Å². The maximum Gasteiger partial charge on any atom is 0.162 e. The van der Waals surface area contributed by atoms with Gasteiger partial charge in [0.15, 0.2) is 11.5 Å². The van der Waals surface area contributed by atoms with Gasteiger partial charge in [-0.25, -0.2) is 0 Å². The van der Waals surface area contributed by atoms with Crippen molar-refractivity contribution in [3.63, 3.8) is 0 Å². The molecule has 2 nitrogen and oxygen atoms in total. The maximum absolute atomic E-state index is 5.90. The molecule has 1 aromatic carbocycles. The minimum atomic E-state index is -0.192. The first kappa shape index (κ1) is 14.8. The van der Waals surface area contributed by atoms with Crippen LogP contribution in [0.25, 0.3) is 0 Å². The lowest BCUT2D eigenvalue weighted by Crippen LogP contribution is -2.23. The Balaban J connectivity index is 2.80. The van der Waals surface area contributed by atoms with Gasteiger partial charge in [0.2, 0.25) is 0 Å². The SMILES string of the molecule is CC(C)(C)Oc1ccc(I)cc1OCCC[SiH3]. The number of hydrogen-bond donors (Lipinski definition) is 0. The second-order valence-corrected chi connectivity index (χ2v) is 7.25. The summed E-state index contributed by atoms with van der Waals surface area (Å²) in [7, 11) is 1.24. The molecule has 0 saturated carbocycles. The van der Waals surface area contributed by atoms with Gasteiger partial charge in [-0.15, -0.1) is 0 Å². The molecule has 17 heavy (non-hydrogen) atoms. The molecule has 0 heterocycles. The Hall–Kier alpha value is -0.233. The molecule has 0 bridgehead atoms. The highest BCUT2D eigenvalue weighted by molar-refractivity contribution is 14.1. The van der Waals surface area contributed by atoms with Crippen LogP contribution in [0, 0.1) is 3.57 Å². The van der Waals surface area contributed by atoms with E-state index < -0.39 is 0 Å². The summed E-state index contributed by atoms with van der Waals surface area (Å²) in [4.78, 5) is 0. The highest BCUT2D eigenvalue weighted by Gasteiger charge is 2.15. The molecule has 0 radical (unpaired) electrons. The second kappa shape index (κ2) is 6.63. The highest BCUT2D eigenvalue weighted by atomic mass is 127.